The van der Waals surface area contributed by atoms with Crippen molar-refractivity contribution in [3.63, 3.8) is 0 Å². The molecule has 25 nitrogen and oxygen atoms in total. The zero-order valence-electron chi connectivity index (χ0n) is 61.5. The molecular formula is C75H122N14O11. The van der Waals surface area contributed by atoms with Crippen LogP contribution >= 0.6 is 0 Å². The van der Waals surface area contributed by atoms with Crippen molar-refractivity contribution in [2.45, 2.75) is 263 Å². The second kappa shape index (κ2) is 45.7. The Balaban J connectivity index is 2.73. The Kier molecular flexibility index (Phi) is 40.3. The van der Waals surface area contributed by atoms with Crippen LogP contribution < -0.4 is 64.9 Å². The maximum Gasteiger partial charge on any atom is 0.243 e. The van der Waals surface area contributed by atoms with Gasteiger partial charge in [-0.3, -0.25) is 68.8 Å². The summed E-state index contributed by atoms with van der Waals surface area (Å²) < 4.78 is 0. The monoisotopic (exact) mass is 1390 g/mol. The van der Waals surface area contributed by atoms with E-state index < -0.39 is 106 Å². The lowest BCUT2D eigenvalue weighted by molar-refractivity contribution is -0.141. The van der Waals surface area contributed by atoms with Crippen LogP contribution in [0, 0.1) is 23.2 Å². The van der Waals surface area contributed by atoms with Gasteiger partial charge in [0.2, 0.25) is 47.0 Å². The standard InChI is InChI=1S/C75H122N14O11/c1-15-19-23-24-25-31-36-73(13,53(12)91)89-88-59(42-50(7)8)66(95)65(94)58(41-49(5)6)84-67(96)57(35-32-40-79-72(77)78)83-69(98)61(44-54-47-80-56-34-27-26-33-55(54)56)86-68(97)60(43-51(9)10)85-70(99)62(45-64(76)93)87-71(100)75(38-29-21-17-3,39-30-22-18-4)82-48-63(92)74(14,37-28-20-16-2)81-46-52(11)90/h15-18,26-27,33-34,47,49-51,57-62,80-82,88-89H,1-4,19-25,28-32,35-46,48H2,5-14H3,(H2,76,93)(H,83,98)(H,84,96)(H,85,99)(H,86,97)(H,87,100)(H4,77,78,79)/t57?,58-,59-,60?,61-,62-,73-,74+/m0/s1. The zero-order valence-corrected chi connectivity index (χ0v) is 61.5. The SMILES string of the molecule is C=CCCCCCC[C@](C)(NN[C@@H](CC(C)C)C(=O)C(=O)[C@H](CC(C)C)NC(=O)C(CCCNC(=N)N)NC(=O)[C@H](Cc1c[nH]c2ccccc12)NC(=O)C(CC(C)C)NC(=O)[C@H](CC(N)=O)NC(=O)C(CCCC=C)(CCCC=C)NCC(=O)[C@@](C)(CCCC=C)NCC(C)=O)C(C)=O. The third kappa shape index (κ3) is 31.7. The molecule has 6 amide bonds. The molecule has 0 aliphatic rings. The van der Waals surface area contributed by atoms with Gasteiger partial charge in [-0.15, -0.1) is 26.3 Å². The number of unbranched alkanes of at least 4 members (excludes halogenated alkanes) is 7. The summed E-state index contributed by atoms with van der Waals surface area (Å²) >= 11 is 0. The molecule has 2 unspecified atom stereocenters. The summed E-state index contributed by atoms with van der Waals surface area (Å²) in [5, 5.41) is 31.5. The fraction of sp³-hybridized carbons (Fsp3) is 0.627. The normalized spacial score (nSPS) is 14.6. The van der Waals surface area contributed by atoms with E-state index >= 15 is 14.4 Å². The first-order chi connectivity index (χ1) is 47.2. The van der Waals surface area contributed by atoms with Gasteiger partial charge in [-0.2, -0.15) is 0 Å². The van der Waals surface area contributed by atoms with E-state index in [0.29, 0.717) is 67.8 Å². The largest absolute Gasteiger partial charge is 0.370 e. The van der Waals surface area contributed by atoms with Crippen molar-refractivity contribution in [1.82, 2.24) is 58.4 Å². The first kappa shape index (κ1) is 88.1. The van der Waals surface area contributed by atoms with Gasteiger partial charge in [0, 0.05) is 30.1 Å². The van der Waals surface area contributed by atoms with Crippen molar-refractivity contribution >= 4 is 81.2 Å². The summed E-state index contributed by atoms with van der Waals surface area (Å²) in [4.78, 5) is 160. The van der Waals surface area contributed by atoms with Gasteiger partial charge in [0.15, 0.2) is 17.5 Å². The highest BCUT2D eigenvalue weighted by atomic mass is 16.2. The Morgan fingerprint density at radius 2 is 1.04 bits per heavy atom. The van der Waals surface area contributed by atoms with Crippen LogP contribution in [0.3, 0.4) is 0 Å². The van der Waals surface area contributed by atoms with Gasteiger partial charge in [0.25, 0.3) is 0 Å². The van der Waals surface area contributed by atoms with Crippen molar-refractivity contribution in [2.75, 3.05) is 19.6 Å². The number of allylic oxidation sites excluding steroid dienone is 4. The lowest BCUT2D eigenvalue weighted by Gasteiger charge is -2.37. The van der Waals surface area contributed by atoms with Crippen molar-refractivity contribution in [1.29, 1.82) is 5.41 Å². The lowest BCUT2D eigenvalue weighted by Crippen LogP contribution is -2.64. The van der Waals surface area contributed by atoms with Gasteiger partial charge in [0.1, 0.15) is 30.0 Å². The number of aromatic amines is 1. The summed E-state index contributed by atoms with van der Waals surface area (Å²) in [7, 11) is 0. The van der Waals surface area contributed by atoms with E-state index in [2.05, 4.69) is 84.7 Å². The summed E-state index contributed by atoms with van der Waals surface area (Å²) in [6.45, 7) is 32.3. The quantitative estimate of drug-likeness (QED) is 0.00809. The number of amides is 6. The van der Waals surface area contributed by atoms with E-state index in [4.69, 9.17) is 16.9 Å². The molecule has 1 aromatic heterocycles. The molecule has 25 heteroatoms. The average molecular weight is 1400 g/mol. The first-order valence-electron chi connectivity index (χ1n) is 35.7. The highest BCUT2D eigenvalue weighted by Crippen LogP contribution is 2.26. The maximum atomic E-state index is 15.2. The van der Waals surface area contributed by atoms with E-state index in [0.717, 1.165) is 32.1 Å². The van der Waals surface area contributed by atoms with E-state index in [1.165, 1.54) is 13.8 Å². The highest BCUT2D eigenvalue weighted by molar-refractivity contribution is 6.41. The number of rotatable bonds is 57. The van der Waals surface area contributed by atoms with E-state index in [9.17, 15) is 38.4 Å². The van der Waals surface area contributed by atoms with Gasteiger partial charge in [-0.1, -0.05) is 103 Å². The third-order valence-corrected chi connectivity index (χ3v) is 17.9. The predicted molar refractivity (Wildman–Crippen MR) is 395 cm³/mol. The number of ketones is 5. The van der Waals surface area contributed by atoms with Crippen molar-refractivity contribution < 1.29 is 52.7 Å². The van der Waals surface area contributed by atoms with Crippen LogP contribution in [0.1, 0.15) is 210 Å². The van der Waals surface area contributed by atoms with Crippen LogP contribution in [0.5, 0.6) is 0 Å². The fourth-order valence-corrected chi connectivity index (χ4v) is 11.9. The van der Waals surface area contributed by atoms with Crippen LogP contribution in [-0.4, -0.2) is 148 Å². The molecule has 0 radical (unpaired) electrons. The van der Waals surface area contributed by atoms with E-state index in [1.807, 2.05) is 52.0 Å². The Hall–Kier alpha value is -8.00. The van der Waals surface area contributed by atoms with E-state index in [-0.39, 0.29) is 112 Å². The number of carbonyl (C=O) groups is 11. The lowest BCUT2D eigenvalue weighted by atomic mass is 9.84. The molecule has 0 spiro atoms. The van der Waals surface area contributed by atoms with E-state index in [1.54, 1.807) is 58.2 Å². The number of hydrogen-bond acceptors (Lipinski definition) is 16. The van der Waals surface area contributed by atoms with Crippen molar-refractivity contribution in [3.8, 4) is 0 Å². The van der Waals surface area contributed by atoms with Crippen molar-refractivity contribution in [3.05, 3.63) is 86.6 Å². The zero-order chi connectivity index (χ0) is 75.2. The smallest absolute Gasteiger partial charge is 0.243 e. The predicted octanol–water partition coefficient (Wildman–Crippen LogP) is 6.79. The topological polar surface area (TPSA) is 400 Å². The molecule has 0 saturated heterocycles. The minimum absolute atomic E-state index is 0.0231. The average Bonchev–Trinajstić information content (AvgIpc) is 1.21. The van der Waals surface area contributed by atoms with Gasteiger partial charge < -0.3 is 48.4 Å². The van der Waals surface area contributed by atoms with Crippen LogP contribution in [-0.2, 0) is 59.2 Å². The van der Waals surface area contributed by atoms with Gasteiger partial charge >= 0.3 is 0 Å². The molecule has 0 fully saturated rings. The number of H-pyrrole nitrogens is 1. The molecule has 2 aromatic rings. The molecule has 0 aliphatic carbocycles. The number of carbonyl (C=O) groups excluding carboxylic acids is 11. The molecular weight excluding hydrogens is 1270 g/mol. The number of fused-ring (bicyclic) bond motifs is 1. The number of hydrogen-bond donors (Lipinski definition) is 14. The molecule has 1 heterocycles. The Morgan fingerprint density at radius 3 is 1.61 bits per heavy atom. The molecule has 16 N–H and O–H groups in total. The molecule has 1 aromatic carbocycles. The van der Waals surface area contributed by atoms with Crippen molar-refractivity contribution in [2.24, 2.45) is 29.2 Å². The van der Waals surface area contributed by atoms with Gasteiger partial charge in [-0.05, 0) is 166 Å². The third-order valence-electron chi connectivity index (χ3n) is 17.9. The summed E-state index contributed by atoms with van der Waals surface area (Å²) in [5.41, 5.74) is 15.1. The first-order valence-corrected chi connectivity index (χ1v) is 35.7. The Labute approximate surface area is 594 Å². The maximum absolute atomic E-state index is 15.2. The number of nitrogens with one attached hydrogen (secondary N) is 12. The van der Waals surface area contributed by atoms with Crippen LogP contribution in [0.4, 0.5) is 0 Å². The number of benzene rings is 1. The highest BCUT2D eigenvalue weighted by Gasteiger charge is 2.43. The number of guanidine groups is 1. The summed E-state index contributed by atoms with van der Waals surface area (Å²) in [5.74, 6) is -8.55. The number of primary amides is 1. The minimum Gasteiger partial charge on any atom is -0.370 e. The minimum atomic E-state index is -1.66. The van der Waals surface area contributed by atoms with Gasteiger partial charge in [0.05, 0.1) is 48.2 Å². The molecule has 2 rings (SSSR count). The molecule has 8 atom stereocenters. The number of Topliss-reactive ketones (excluding diaryl/α,β-unsaturated/α-hetero) is 5. The molecule has 0 bridgehead atoms. The molecule has 100 heavy (non-hydrogen) atoms. The Morgan fingerprint density at radius 1 is 0.550 bits per heavy atom. The van der Waals surface area contributed by atoms with Gasteiger partial charge in [-0.25, -0.2) is 10.9 Å². The Bertz CT molecular complexity index is 3050. The van der Waals surface area contributed by atoms with Crippen LogP contribution in [0.15, 0.2) is 81.1 Å². The molecule has 558 valence electrons. The second-order valence-corrected chi connectivity index (χ2v) is 28.3. The molecule has 0 saturated carbocycles. The number of nitrogens with two attached hydrogens (primary N) is 2. The summed E-state index contributed by atoms with van der Waals surface area (Å²) in [6.07, 6.45) is 16.6. The number of hydrazine groups is 1. The van der Waals surface area contributed by atoms with Crippen LogP contribution in [0.2, 0.25) is 0 Å². The number of para-hydroxylation sites is 1. The second-order valence-electron chi connectivity index (χ2n) is 28.3. The summed E-state index contributed by atoms with van der Waals surface area (Å²) in [6, 6.07) is -1.20. The molecule has 0 aliphatic heterocycles. The van der Waals surface area contributed by atoms with Crippen LogP contribution in [0.25, 0.3) is 10.9 Å². The number of aromatic nitrogens is 1. The fourth-order valence-electron chi connectivity index (χ4n) is 11.9.